The average Bonchev–Trinajstić information content (AvgIpc) is 2.35. The van der Waals surface area contributed by atoms with E-state index >= 15 is 0 Å². The van der Waals surface area contributed by atoms with Crippen LogP contribution in [0.15, 0.2) is 18.2 Å². The Morgan fingerprint density at radius 3 is 2.76 bits per heavy atom. The first-order valence-electron chi connectivity index (χ1n) is 5.65. The molecule has 0 heterocycles. The molecule has 1 atom stereocenters. The lowest BCUT2D eigenvalue weighted by Gasteiger charge is -2.11. The van der Waals surface area contributed by atoms with Gasteiger partial charge in [0.15, 0.2) is 0 Å². The van der Waals surface area contributed by atoms with E-state index in [-0.39, 0.29) is 11.7 Å². The van der Waals surface area contributed by atoms with Gasteiger partial charge in [0, 0.05) is 23.7 Å². The van der Waals surface area contributed by atoms with Gasteiger partial charge < -0.3 is 10.5 Å². The molecule has 1 aromatic carbocycles. The van der Waals surface area contributed by atoms with Crippen LogP contribution in [0.25, 0.3) is 0 Å². The van der Waals surface area contributed by atoms with Crippen molar-refractivity contribution in [2.24, 2.45) is 5.73 Å². The molecule has 1 rings (SSSR count). The van der Waals surface area contributed by atoms with Gasteiger partial charge in [0.1, 0.15) is 5.75 Å². The number of hydrogen-bond acceptors (Lipinski definition) is 4. The van der Waals surface area contributed by atoms with Gasteiger partial charge in [-0.1, -0.05) is 6.92 Å². The molecule has 0 aliphatic carbocycles. The maximum Gasteiger partial charge on any atom is 0.269 e. The monoisotopic (exact) mass is 238 g/mol. The van der Waals surface area contributed by atoms with E-state index in [0.717, 1.165) is 18.4 Å². The van der Waals surface area contributed by atoms with Gasteiger partial charge in [-0.2, -0.15) is 0 Å². The molecule has 17 heavy (non-hydrogen) atoms. The molecule has 0 aliphatic rings. The summed E-state index contributed by atoms with van der Waals surface area (Å²) in [6, 6.07) is 4.76. The SMILES string of the molecule is CCC(N)CCc1cc([N+](=O)[O-])ccc1OC. The molecule has 0 spiro atoms. The molecule has 5 nitrogen and oxygen atoms in total. The lowest BCUT2D eigenvalue weighted by atomic mass is 10.0. The van der Waals surface area contributed by atoms with Gasteiger partial charge in [-0.15, -0.1) is 0 Å². The summed E-state index contributed by atoms with van der Waals surface area (Å²) < 4.78 is 5.18. The van der Waals surface area contributed by atoms with Gasteiger partial charge in [-0.25, -0.2) is 0 Å². The highest BCUT2D eigenvalue weighted by molar-refractivity contribution is 5.43. The summed E-state index contributed by atoms with van der Waals surface area (Å²) in [7, 11) is 1.56. The first kappa shape index (κ1) is 13.4. The van der Waals surface area contributed by atoms with Gasteiger partial charge >= 0.3 is 0 Å². The summed E-state index contributed by atoms with van der Waals surface area (Å²) in [5, 5.41) is 10.7. The number of methoxy groups -OCH3 is 1. The summed E-state index contributed by atoms with van der Waals surface area (Å²) >= 11 is 0. The molecule has 0 saturated carbocycles. The van der Waals surface area contributed by atoms with Gasteiger partial charge in [0.25, 0.3) is 5.69 Å². The van der Waals surface area contributed by atoms with Crippen LogP contribution < -0.4 is 10.5 Å². The topological polar surface area (TPSA) is 78.4 Å². The van der Waals surface area contributed by atoms with Gasteiger partial charge in [0.2, 0.25) is 0 Å². The molecule has 0 amide bonds. The third kappa shape index (κ3) is 3.71. The molecular weight excluding hydrogens is 220 g/mol. The van der Waals surface area contributed by atoms with Crippen molar-refractivity contribution in [2.45, 2.75) is 32.2 Å². The smallest absolute Gasteiger partial charge is 0.269 e. The Labute approximate surface area is 101 Å². The Hall–Kier alpha value is -1.62. The zero-order valence-corrected chi connectivity index (χ0v) is 10.2. The Balaban J connectivity index is 2.86. The summed E-state index contributed by atoms with van der Waals surface area (Å²) in [6.45, 7) is 2.02. The van der Waals surface area contributed by atoms with E-state index in [0.29, 0.717) is 12.2 Å². The van der Waals surface area contributed by atoms with Crippen LogP contribution in [-0.2, 0) is 6.42 Å². The number of hydrogen-bond donors (Lipinski definition) is 1. The van der Waals surface area contributed by atoms with E-state index in [1.54, 1.807) is 19.2 Å². The third-order valence-corrected chi connectivity index (χ3v) is 2.78. The van der Waals surface area contributed by atoms with Crippen molar-refractivity contribution >= 4 is 5.69 Å². The summed E-state index contributed by atoms with van der Waals surface area (Å²) in [4.78, 5) is 10.3. The quantitative estimate of drug-likeness (QED) is 0.609. The van der Waals surface area contributed by atoms with E-state index in [4.69, 9.17) is 10.5 Å². The van der Waals surface area contributed by atoms with Gasteiger partial charge in [-0.3, -0.25) is 10.1 Å². The van der Waals surface area contributed by atoms with Crippen LogP contribution in [0.4, 0.5) is 5.69 Å². The van der Waals surface area contributed by atoms with E-state index in [1.165, 1.54) is 6.07 Å². The van der Waals surface area contributed by atoms with Crippen LogP contribution in [0.2, 0.25) is 0 Å². The first-order valence-corrected chi connectivity index (χ1v) is 5.65. The standard InChI is InChI=1S/C12H18N2O3/c1-3-10(13)5-4-9-8-11(14(15)16)6-7-12(9)17-2/h6-8,10H,3-5,13H2,1-2H3. The van der Waals surface area contributed by atoms with E-state index < -0.39 is 4.92 Å². The summed E-state index contributed by atoms with van der Waals surface area (Å²) in [5.74, 6) is 0.680. The van der Waals surface area contributed by atoms with Crippen LogP contribution in [0.1, 0.15) is 25.3 Å². The second-order valence-electron chi connectivity index (χ2n) is 3.96. The van der Waals surface area contributed by atoms with Crippen LogP contribution in [0, 0.1) is 10.1 Å². The molecule has 0 aromatic heterocycles. The number of nitro benzene ring substituents is 1. The molecule has 1 unspecified atom stereocenters. The molecule has 2 N–H and O–H groups in total. The highest BCUT2D eigenvalue weighted by Crippen LogP contribution is 2.25. The van der Waals surface area contributed by atoms with Crippen molar-refractivity contribution in [3.05, 3.63) is 33.9 Å². The molecule has 0 saturated heterocycles. The third-order valence-electron chi connectivity index (χ3n) is 2.78. The minimum Gasteiger partial charge on any atom is -0.496 e. The lowest BCUT2D eigenvalue weighted by molar-refractivity contribution is -0.384. The minimum absolute atomic E-state index is 0.0888. The molecule has 1 aromatic rings. The predicted molar refractivity (Wildman–Crippen MR) is 66.2 cm³/mol. The number of aryl methyl sites for hydroxylation is 1. The number of nitrogens with two attached hydrogens (primary N) is 1. The number of rotatable bonds is 6. The number of ether oxygens (including phenoxy) is 1. The van der Waals surface area contributed by atoms with Gasteiger partial charge in [0.05, 0.1) is 12.0 Å². The molecule has 0 radical (unpaired) electrons. The fraction of sp³-hybridized carbons (Fsp3) is 0.500. The zero-order valence-electron chi connectivity index (χ0n) is 10.2. The van der Waals surface area contributed by atoms with Crippen molar-refractivity contribution in [3.8, 4) is 5.75 Å². The second kappa shape index (κ2) is 6.20. The molecule has 0 aliphatic heterocycles. The minimum atomic E-state index is -0.400. The summed E-state index contributed by atoms with van der Waals surface area (Å²) in [5.41, 5.74) is 6.76. The Morgan fingerprint density at radius 1 is 1.53 bits per heavy atom. The normalized spacial score (nSPS) is 12.2. The molecule has 5 heteroatoms. The van der Waals surface area contributed by atoms with Crippen molar-refractivity contribution < 1.29 is 9.66 Å². The van der Waals surface area contributed by atoms with Crippen LogP contribution in [-0.4, -0.2) is 18.1 Å². The number of nitro groups is 1. The number of benzene rings is 1. The van der Waals surface area contributed by atoms with E-state index in [9.17, 15) is 10.1 Å². The largest absolute Gasteiger partial charge is 0.496 e. The van der Waals surface area contributed by atoms with Crippen LogP contribution >= 0.6 is 0 Å². The van der Waals surface area contributed by atoms with Crippen molar-refractivity contribution in [2.75, 3.05) is 7.11 Å². The lowest BCUT2D eigenvalue weighted by Crippen LogP contribution is -2.19. The Kier molecular flexibility index (Phi) is 4.90. The maximum atomic E-state index is 10.7. The first-order chi connectivity index (χ1) is 8.08. The Bertz CT molecular complexity index is 393. The van der Waals surface area contributed by atoms with Crippen molar-refractivity contribution in [1.82, 2.24) is 0 Å². The second-order valence-corrected chi connectivity index (χ2v) is 3.96. The van der Waals surface area contributed by atoms with E-state index in [2.05, 4.69) is 0 Å². The maximum absolute atomic E-state index is 10.7. The van der Waals surface area contributed by atoms with Gasteiger partial charge in [-0.05, 0) is 25.3 Å². The van der Waals surface area contributed by atoms with Crippen LogP contribution in [0.3, 0.4) is 0 Å². The van der Waals surface area contributed by atoms with Crippen molar-refractivity contribution in [3.63, 3.8) is 0 Å². The van der Waals surface area contributed by atoms with Crippen molar-refractivity contribution in [1.29, 1.82) is 0 Å². The van der Waals surface area contributed by atoms with E-state index in [1.807, 2.05) is 6.92 Å². The zero-order chi connectivity index (χ0) is 12.8. The average molecular weight is 238 g/mol. The molecule has 94 valence electrons. The predicted octanol–water partition coefficient (Wildman–Crippen LogP) is 2.27. The highest BCUT2D eigenvalue weighted by atomic mass is 16.6. The fourth-order valence-corrected chi connectivity index (χ4v) is 1.62. The molecule has 0 bridgehead atoms. The molecule has 0 fully saturated rings. The number of non-ortho nitro benzene ring substituents is 1. The Morgan fingerprint density at radius 2 is 2.24 bits per heavy atom. The fourth-order valence-electron chi connectivity index (χ4n) is 1.62. The number of nitrogens with zero attached hydrogens (tertiary/aromatic N) is 1. The van der Waals surface area contributed by atoms with Crippen LogP contribution in [0.5, 0.6) is 5.75 Å². The molecular formula is C12H18N2O3. The highest BCUT2D eigenvalue weighted by Gasteiger charge is 2.12. The summed E-state index contributed by atoms with van der Waals surface area (Å²) in [6.07, 6.45) is 2.39.